The molecular formula is C21H28N2O8S2. The van der Waals surface area contributed by atoms with Gasteiger partial charge >= 0.3 is 0 Å². The topological polar surface area (TPSA) is 156 Å². The number of fused-ring (bicyclic) bond motifs is 3. The van der Waals surface area contributed by atoms with Gasteiger partial charge in [-0.25, -0.2) is 16.8 Å². The van der Waals surface area contributed by atoms with Crippen molar-refractivity contribution in [2.24, 2.45) is 0 Å². The number of sulfonamides is 2. The fraction of sp³-hybridized carbons (Fsp3) is 0.429. The first-order valence-corrected chi connectivity index (χ1v) is 13.3. The normalized spacial score (nSPS) is 13.5. The molecule has 0 bridgehead atoms. The van der Waals surface area contributed by atoms with Crippen LogP contribution in [0.3, 0.4) is 0 Å². The Morgan fingerprint density at radius 1 is 0.606 bits per heavy atom. The largest absolute Gasteiger partial charge is 0.395 e. The Balaban J connectivity index is 1.94. The lowest BCUT2D eigenvalue weighted by atomic mass is 10.1. The Bertz CT molecular complexity index is 1090. The Morgan fingerprint density at radius 2 is 0.939 bits per heavy atom. The lowest BCUT2D eigenvalue weighted by molar-refractivity contribution is 0.217. The fourth-order valence-electron chi connectivity index (χ4n) is 3.93. The summed E-state index contributed by atoms with van der Waals surface area (Å²) in [7, 11) is -7.85. The van der Waals surface area contributed by atoms with E-state index in [1.807, 2.05) is 0 Å². The second-order valence-electron chi connectivity index (χ2n) is 7.52. The molecule has 0 unspecified atom stereocenters. The number of hydrogen-bond acceptors (Lipinski definition) is 8. The molecule has 0 saturated carbocycles. The molecule has 33 heavy (non-hydrogen) atoms. The van der Waals surface area contributed by atoms with Crippen molar-refractivity contribution in [2.45, 2.75) is 16.2 Å². The van der Waals surface area contributed by atoms with Crippen LogP contribution in [0.25, 0.3) is 11.1 Å². The van der Waals surface area contributed by atoms with Crippen LogP contribution in [0.4, 0.5) is 0 Å². The molecule has 0 aliphatic heterocycles. The summed E-state index contributed by atoms with van der Waals surface area (Å²) >= 11 is 0. The first kappa shape index (κ1) is 25.7. The maximum atomic E-state index is 12.9. The van der Waals surface area contributed by atoms with Gasteiger partial charge in [0.2, 0.25) is 20.0 Å². The number of aliphatic hydroxyl groups excluding tert-OH is 4. The molecule has 0 fully saturated rings. The lowest BCUT2D eigenvalue weighted by Crippen LogP contribution is -2.35. The van der Waals surface area contributed by atoms with E-state index in [0.717, 1.165) is 30.9 Å². The fourth-order valence-corrected chi connectivity index (χ4v) is 6.88. The van der Waals surface area contributed by atoms with Gasteiger partial charge < -0.3 is 20.4 Å². The van der Waals surface area contributed by atoms with Crippen molar-refractivity contribution in [3.8, 4) is 11.1 Å². The van der Waals surface area contributed by atoms with Crippen LogP contribution < -0.4 is 0 Å². The van der Waals surface area contributed by atoms with Gasteiger partial charge in [0, 0.05) is 26.2 Å². The number of hydrogen-bond donors (Lipinski definition) is 4. The van der Waals surface area contributed by atoms with Gasteiger partial charge in [-0.05, 0) is 52.9 Å². The van der Waals surface area contributed by atoms with Crippen molar-refractivity contribution in [3.05, 3.63) is 47.5 Å². The zero-order chi connectivity index (χ0) is 24.2. The molecule has 0 radical (unpaired) electrons. The van der Waals surface area contributed by atoms with E-state index >= 15 is 0 Å². The highest BCUT2D eigenvalue weighted by Crippen LogP contribution is 2.39. The second-order valence-corrected chi connectivity index (χ2v) is 11.4. The monoisotopic (exact) mass is 500 g/mol. The molecular weight excluding hydrogens is 472 g/mol. The molecule has 0 spiro atoms. The number of aliphatic hydroxyl groups is 4. The van der Waals surface area contributed by atoms with E-state index in [-0.39, 0.29) is 62.4 Å². The summed E-state index contributed by atoms with van der Waals surface area (Å²) in [6, 6.07) is 9.32. The van der Waals surface area contributed by atoms with Gasteiger partial charge in [0.25, 0.3) is 0 Å². The predicted octanol–water partition coefficient (Wildman–Crippen LogP) is -0.792. The van der Waals surface area contributed by atoms with E-state index in [0.29, 0.717) is 6.42 Å². The van der Waals surface area contributed by atoms with E-state index in [2.05, 4.69) is 0 Å². The Kier molecular flexibility index (Phi) is 8.24. The molecule has 0 aromatic heterocycles. The van der Waals surface area contributed by atoms with Gasteiger partial charge in [0.15, 0.2) is 0 Å². The highest BCUT2D eigenvalue weighted by atomic mass is 32.2. The zero-order valence-electron chi connectivity index (χ0n) is 18.0. The summed E-state index contributed by atoms with van der Waals surface area (Å²) in [4.78, 5) is 0.0572. The van der Waals surface area contributed by atoms with E-state index in [4.69, 9.17) is 0 Å². The number of benzene rings is 2. The minimum absolute atomic E-state index is 0.0286. The third kappa shape index (κ3) is 5.12. The molecule has 3 rings (SSSR count). The lowest BCUT2D eigenvalue weighted by Gasteiger charge is -2.20. The van der Waals surface area contributed by atoms with Gasteiger partial charge in [0.1, 0.15) is 0 Å². The van der Waals surface area contributed by atoms with Gasteiger partial charge in [-0.3, -0.25) is 0 Å². The van der Waals surface area contributed by atoms with Crippen LogP contribution >= 0.6 is 0 Å². The summed E-state index contributed by atoms with van der Waals surface area (Å²) in [5, 5.41) is 36.7. The predicted molar refractivity (Wildman–Crippen MR) is 121 cm³/mol. The molecule has 2 aromatic carbocycles. The Hall–Kier alpha value is -1.90. The summed E-state index contributed by atoms with van der Waals surface area (Å²) < 4.78 is 53.8. The van der Waals surface area contributed by atoms with Crippen LogP contribution in [0.1, 0.15) is 11.1 Å². The molecule has 2 aromatic rings. The maximum absolute atomic E-state index is 12.9. The van der Waals surface area contributed by atoms with Crippen molar-refractivity contribution >= 4 is 20.0 Å². The van der Waals surface area contributed by atoms with E-state index < -0.39 is 20.0 Å². The maximum Gasteiger partial charge on any atom is 0.243 e. The third-order valence-corrected chi connectivity index (χ3v) is 9.29. The minimum atomic E-state index is -3.93. The van der Waals surface area contributed by atoms with Crippen molar-refractivity contribution in [1.82, 2.24) is 8.61 Å². The van der Waals surface area contributed by atoms with Gasteiger partial charge in [-0.1, -0.05) is 12.1 Å². The number of rotatable bonds is 12. The van der Waals surface area contributed by atoms with Crippen molar-refractivity contribution in [3.63, 3.8) is 0 Å². The first-order valence-electron chi connectivity index (χ1n) is 10.4. The Labute approximate surface area is 193 Å². The molecule has 10 nitrogen and oxygen atoms in total. The standard InChI is InChI=1S/C21H28N2O8S2/c24-9-5-22(6-10-25)32(28,29)18-1-3-20-16(14-18)13-17-15-19(2-4-21(17)20)33(30,31)23(7-11-26)8-12-27/h1-4,14-15,24-27H,5-13H2. The second kappa shape index (κ2) is 10.6. The molecule has 182 valence electrons. The van der Waals surface area contributed by atoms with Crippen molar-refractivity contribution < 1.29 is 37.3 Å². The summed E-state index contributed by atoms with van der Waals surface area (Å²) in [5.74, 6) is 0. The molecule has 1 aliphatic carbocycles. The van der Waals surface area contributed by atoms with Crippen LogP contribution in [0.5, 0.6) is 0 Å². The molecule has 4 N–H and O–H groups in total. The van der Waals surface area contributed by atoms with Gasteiger partial charge in [-0.15, -0.1) is 0 Å². The zero-order valence-corrected chi connectivity index (χ0v) is 19.6. The molecule has 0 heterocycles. The van der Waals surface area contributed by atoms with Crippen LogP contribution in [0, 0.1) is 0 Å². The summed E-state index contributed by atoms with van der Waals surface area (Å²) in [6.45, 7) is -2.07. The number of nitrogens with zero attached hydrogens (tertiary/aromatic N) is 2. The third-order valence-electron chi connectivity index (χ3n) is 5.50. The highest BCUT2D eigenvalue weighted by Gasteiger charge is 2.29. The van der Waals surface area contributed by atoms with Crippen LogP contribution in [0.2, 0.25) is 0 Å². The van der Waals surface area contributed by atoms with Crippen molar-refractivity contribution in [2.75, 3.05) is 52.6 Å². The Morgan fingerprint density at radius 3 is 1.24 bits per heavy atom. The molecule has 0 atom stereocenters. The average Bonchev–Trinajstić information content (AvgIpc) is 3.15. The van der Waals surface area contributed by atoms with Gasteiger partial charge in [-0.2, -0.15) is 8.61 Å². The summed E-state index contributed by atoms with van der Waals surface area (Å²) in [6.07, 6.45) is 0.331. The first-order chi connectivity index (χ1) is 15.7. The quantitative estimate of drug-likeness (QED) is 0.252. The highest BCUT2D eigenvalue weighted by molar-refractivity contribution is 7.89. The molecule has 1 aliphatic rings. The summed E-state index contributed by atoms with van der Waals surface area (Å²) in [5.41, 5.74) is 3.03. The van der Waals surface area contributed by atoms with E-state index in [1.165, 1.54) is 24.3 Å². The van der Waals surface area contributed by atoms with Crippen LogP contribution in [0.15, 0.2) is 46.2 Å². The molecule has 0 saturated heterocycles. The molecule has 12 heteroatoms. The smallest absolute Gasteiger partial charge is 0.243 e. The van der Waals surface area contributed by atoms with Crippen LogP contribution in [-0.4, -0.2) is 98.5 Å². The van der Waals surface area contributed by atoms with Crippen molar-refractivity contribution in [1.29, 1.82) is 0 Å². The minimum Gasteiger partial charge on any atom is -0.395 e. The SMILES string of the molecule is O=S(=O)(c1ccc2c(c1)Cc1cc(S(=O)(=O)N(CCO)CCO)ccc1-2)N(CCO)CCO. The average molecular weight is 501 g/mol. The van der Waals surface area contributed by atoms with E-state index in [1.54, 1.807) is 12.1 Å². The molecule has 0 amide bonds. The van der Waals surface area contributed by atoms with E-state index in [9.17, 15) is 37.3 Å². The van der Waals surface area contributed by atoms with Crippen LogP contribution in [-0.2, 0) is 26.5 Å². The van der Waals surface area contributed by atoms with Gasteiger partial charge in [0.05, 0.1) is 36.2 Å².